The Morgan fingerprint density at radius 1 is 0.914 bits per heavy atom. The number of halogens is 1. The quantitative estimate of drug-likeness (QED) is 0.446. The SMILES string of the molecule is O=C(NCCNC(=O)C1(c2ccc(Cl)cc2)CCC1)c1ccc(O[C@H]2CC[C@@H](C(=O)O)CC2)cc1. The Morgan fingerprint density at radius 3 is 2.11 bits per heavy atom. The van der Waals surface area contributed by atoms with Crippen molar-refractivity contribution in [1.82, 2.24) is 10.6 Å². The molecule has 3 N–H and O–H groups in total. The monoisotopic (exact) mass is 498 g/mol. The lowest BCUT2D eigenvalue weighted by Crippen LogP contribution is -2.50. The highest BCUT2D eigenvalue weighted by molar-refractivity contribution is 6.30. The number of rotatable bonds is 9. The van der Waals surface area contributed by atoms with Crippen molar-refractivity contribution in [2.45, 2.75) is 56.5 Å². The molecular formula is C27H31ClN2O5. The minimum atomic E-state index is -0.734. The summed E-state index contributed by atoms with van der Waals surface area (Å²) < 4.78 is 5.95. The summed E-state index contributed by atoms with van der Waals surface area (Å²) in [7, 11) is 0. The van der Waals surface area contributed by atoms with Crippen molar-refractivity contribution in [2.75, 3.05) is 13.1 Å². The Morgan fingerprint density at radius 2 is 1.54 bits per heavy atom. The third kappa shape index (κ3) is 5.96. The van der Waals surface area contributed by atoms with Crippen LogP contribution in [0.25, 0.3) is 0 Å². The molecule has 2 fully saturated rings. The second kappa shape index (κ2) is 11.1. The topological polar surface area (TPSA) is 105 Å². The largest absolute Gasteiger partial charge is 0.490 e. The number of carboxylic acid groups (broad SMARTS) is 1. The number of hydrogen-bond donors (Lipinski definition) is 3. The van der Waals surface area contributed by atoms with Crippen LogP contribution in [0.2, 0.25) is 5.02 Å². The van der Waals surface area contributed by atoms with Gasteiger partial charge in [-0.3, -0.25) is 14.4 Å². The van der Waals surface area contributed by atoms with Crippen LogP contribution in [-0.4, -0.2) is 42.1 Å². The van der Waals surface area contributed by atoms with E-state index in [1.807, 2.05) is 24.3 Å². The van der Waals surface area contributed by atoms with Gasteiger partial charge in [-0.25, -0.2) is 0 Å². The number of aliphatic carboxylic acids is 1. The molecule has 2 aliphatic carbocycles. The first-order valence-corrected chi connectivity index (χ1v) is 12.6. The summed E-state index contributed by atoms with van der Waals surface area (Å²) in [6.07, 6.45) is 5.30. The first kappa shape index (κ1) is 25.0. The van der Waals surface area contributed by atoms with E-state index < -0.39 is 11.4 Å². The van der Waals surface area contributed by atoms with Gasteiger partial charge in [-0.05, 0) is 80.5 Å². The molecule has 2 aliphatic rings. The van der Waals surface area contributed by atoms with Crippen molar-refractivity contribution in [3.63, 3.8) is 0 Å². The van der Waals surface area contributed by atoms with E-state index in [1.165, 1.54) is 0 Å². The van der Waals surface area contributed by atoms with Gasteiger partial charge in [0.1, 0.15) is 5.75 Å². The van der Waals surface area contributed by atoms with Gasteiger partial charge in [-0.1, -0.05) is 30.2 Å². The second-order valence-corrected chi connectivity index (χ2v) is 9.84. The number of amides is 2. The summed E-state index contributed by atoms with van der Waals surface area (Å²) in [5.41, 5.74) is 0.985. The molecule has 0 aliphatic heterocycles. The minimum absolute atomic E-state index is 0.000668. The maximum atomic E-state index is 12.9. The first-order valence-electron chi connectivity index (χ1n) is 12.2. The number of carbonyl (C=O) groups is 3. The van der Waals surface area contributed by atoms with Crippen molar-refractivity contribution in [3.8, 4) is 5.75 Å². The van der Waals surface area contributed by atoms with Crippen molar-refractivity contribution >= 4 is 29.4 Å². The molecule has 186 valence electrons. The van der Waals surface area contributed by atoms with E-state index in [2.05, 4.69) is 10.6 Å². The van der Waals surface area contributed by atoms with E-state index in [9.17, 15) is 14.4 Å². The smallest absolute Gasteiger partial charge is 0.306 e. The molecule has 0 heterocycles. The van der Waals surface area contributed by atoms with Crippen molar-refractivity contribution in [3.05, 3.63) is 64.7 Å². The fraction of sp³-hybridized carbons (Fsp3) is 0.444. The number of nitrogens with one attached hydrogen (secondary N) is 2. The van der Waals surface area contributed by atoms with E-state index >= 15 is 0 Å². The predicted molar refractivity (Wildman–Crippen MR) is 133 cm³/mol. The van der Waals surface area contributed by atoms with Gasteiger partial charge in [-0.15, -0.1) is 0 Å². The zero-order valence-electron chi connectivity index (χ0n) is 19.6. The molecule has 0 aromatic heterocycles. The second-order valence-electron chi connectivity index (χ2n) is 9.41. The Kier molecular flexibility index (Phi) is 7.96. The summed E-state index contributed by atoms with van der Waals surface area (Å²) in [5, 5.41) is 15.6. The molecule has 0 radical (unpaired) electrons. The van der Waals surface area contributed by atoms with Gasteiger partial charge in [0, 0.05) is 23.7 Å². The molecule has 35 heavy (non-hydrogen) atoms. The zero-order valence-corrected chi connectivity index (χ0v) is 20.4. The number of carboxylic acids is 1. The molecule has 0 spiro atoms. The van der Waals surface area contributed by atoms with Crippen LogP contribution in [0.3, 0.4) is 0 Å². The van der Waals surface area contributed by atoms with Crippen LogP contribution < -0.4 is 15.4 Å². The standard InChI is InChI=1S/C27H31ClN2O5/c28-21-8-6-20(7-9-21)27(14-1-15-27)26(34)30-17-16-29-24(31)18-2-10-22(11-3-18)35-23-12-4-19(5-13-23)25(32)33/h2-3,6-11,19,23H,1,4-5,12-17H2,(H,29,31)(H,30,34)(H,32,33)/t19-,23+. The van der Waals surface area contributed by atoms with Gasteiger partial charge >= 0.3 is 5.97 Å². The number of carbonyl (C=O) groups excluding carboxylic acids is 2. The molecule has 0 unspecified atom stereocenters. The first-order chi connectivity index (χ1) is 16.9. The van der Waals surface area contributed by atoms with Crippen molar-refractivity contribution < 1.29 is 24.2 Å². The lowest BCUT2D eigenvalue weighted by atomic mass is 9.64. The third-order valence-electron chi connectivity index (χ3n) is 7.18. The van der Waals surface area contributed by atoms with Crippen molar-refractivity contribution in [2.24, 2.45) is 5.92 Å². The molecule has 0 atom stereocenters. The van der Waals surface area contributed by atoms with Crippen LogP contribution in [0, 0.1) is 5.92 Å². The molecule has 0 bridgehead atoms. The molecule has 2 saturated carbocycles. The highest BCUT2D eigenvalue weighted by Crippen LogP contribution is 2.44. The maximum Gasteiger partial charge on any atom is 0.306 e. The van der Waals surface area contributed by atoms with E-state index in [-0.39, 0.29) is 23.8 Å². The summed E-state index contributed by atoms with van der Waals surface area (Å²) >= 11 is 5.99. The van der Waals surface area contributed by atoms with Crippen LogP contribution in [0.1, 0.15) is 60.9 Å². The molecule has 7 nitrogen and oxygen atoms in total. The van der Waals surface area contributed by atoms with Gasteiger partial charge < -0.3 is 20.5 Å². The fourth-order valence-electron chi connectivity index (χ4n) is 4.87. The molecule has 2 aromatic rings. The molecular weight excluding hydrogens is 468 g/mol. The average molecular weight is 499 g/mol. The molecule has 2 amide bonds. The highest BCUT2D eigenvalue weighted by Gasteiger charge is 2.45. The third-order valence-corrected chi connectivity index (χ3v) is 7.43. The lowest BCUT2D eigenvalue weighted by Gasteiger charge is -2.40. The summed E-state index contributed by atoms with van der Waals surface area (Å²) in [5.74, 6) is -0.575. The van der Waals surface area contributed by atoms with Gasteiger partial charge in [-0.2, -0.15) is 0 Å². The summed E-state index contributed by atoms with van der Waals surface area (Å²) in [6.45, 7) is 0.673. The Bertz CT molecular complexity index is 1040. The molecule has 4 rings (SSSR count). The minimum Gasteiger partial charge on any atom is -0.490 e. The number of hydrogen-bond acceptors (Lipinski definition) is 4. The summed E-state index contributed by atoms with van der Waals surface area (Å²) in [6, 6.07) is 14.4. The van der Waals surface area contributed by atoms with Crippen LogP contribution >= 0.6 is 11.6 Å². The average Bonchev–Trinajstić information content (AvgIpc) is 2.83. The van der Waals surface area contributed by atoms with Crippen LogP contribution in [-0.2, 0) is 15.0 Å². The maximum absolute atomic E-state index is 12.9. The zero-order chi connectivity index (χ0) is 24.8. The van der Waals surface area contributed by atoms with Crippen LogP contribution in [0.15, 0.2) is 48.5 Å². The lowest BCUT2D eigenvalue weighted by molar-refractivity contribution is -0.143. The van der Waals surface area contributed by atoms with Gasteiger partial charge in [0.25, 0.3) is 5.91 Å². The van der Waals surface area contributed by atoms with E-state index in [0.717, 1.165) is 24.8 Å². The van der Waals surface area contributed by atoms with E-state index in [1.54, 1.807) is 24.3 Å². The Labute approximate surface area is 210 Å². The van der Waals surface area contributed by atoms with Crippen molar-refractivity contribution in [1.29, 1.82) is 0 Å². The number of benzene rings is 2. The normalized spacial score (nSPS) is 20.8. The van der Waals surface area contributed by atoms with E-state index in [4.69, 9.17) is 21.4 Å². The number of ether oxygens (including phenoxy) is 1. The molecule has 0 saturated heterocycles. The molecule has 2 aromatic carbocycles. The summed E-state index contributed by atoms with van der Waals surface area (Å²) in [4.78, 5) is 36.4. The van der Waals surface area contributed by atoms with Gasteiger partial charge in [0.2, 0.25) is 5.91 Å². The van der Waals surface area contributed by atoms with E-state index in [0.29, 0.717) is 55.1 Å². The fourth-order valence-corrected chi connectivity index (χ4v) is 5.00. The van der Waals surface area contributed by atoms with Crippen LogP contribution in [0.5, 0.6) is 5.75 Å². The Hall–Kier alpha value is -3.06. The van der Waals surface area contributed by atoms with Crippen LogP contribution in [0.4, 0.5) is 0 Å². The predicted octanol–water partition coefficient (Wildman–Crippen LogP) is 4.33. The van der Waals surface area contributed by atoms with Gasteiger partial charge in [0.05, 0.1) is 17.4 Å². The highest BCUT2D eigenvalue weighted by atomic mass is 35.5. The molecule has 8 heteroatoms. The van der Waals surface area contributed by atoms with Gasteiger partial charge in [0.15, 0.2) is 0 Å². The Balaban J connectivity index is 1.20.